The minimum absolute atomic E-state index is 0.0166. The first-order valence-corrected chi connectivity index (χ1v) is 10.3. The first-order chi connectivity index (χ1) is 14.7. The van der Waals surface area contributed by atoms with E-state index in [4.69, 9.17) is 21.1 Å². The van der Waals surface area contributed by atoms with E-state index in [2.05, 4.69) is 30.6 Å². The van der Waals surface area contributed by atoms with Gasteiger partial charge in [0.2, 0.25) is 0 Å². The Morgan fingerprint density at radius 2 is 2.10 bits per heavy atom. The molecule has 0 spiro atoms. The summed E-state index contributed by atoms with van der Waals surface area (Å²) in [7, 11) is 0. The van der Waals surface area contributed by atoms with Gasteiger partial charge < -0.3 is 20.1 Å². The topological polar surface area (TPSA) is 94.1 Å². The van der Waals surface area contributed by atoms with Crippen LogP contribution in [0.3, 0.4) is 0 Å². The maximum Gasteiger partial charge on any atom is 0.317 e. The van der Waals surface area contributed by atoms with Crippen molar-refractivity contribution in [3.63, 3.8) is 0 Å². The molecule has 2 N–H and O–H groups in total. The lowest BCUT2D eigenvalue weighted by atomic mass is 10.2. The molecule has 1 aromatic carbocycles. The Hall–Kier alpha value is -2.78. The molecule has 0 amide bonds. The summed E-state index contributed by atoms with van der Waals surface area (Å²) in [6.45, 7) is 2.20. The molecule has 30 heavy (non-hydrogen) atoms. The predicted octanol–water partition coefficient (Wildman–Crippen LogP) is 3.49. The fourth-order valence-electron chi connectivity index (χ4n) is 3.22. The Morgan fingerprint density at radius 1 is 1.20 bits per heavy atom. The second-order valence-corrected chi connectivity index (χ2v) is 7.84. The number of halogens is 2. The minimum atomic E-state index is -0.612. The number of hydrogen-bond donors (Lipinski definition) is 2. The fourth-order valence-corrected chi connectivity index (χ4v) is 3.44. The number of nitrogens with zero attached hydrogens (tertiary/aromatic N) is 4. The molecule has 8 nitrogen and oxygen atoms in total. The third-order valence-electron chi connectivity index (χ3n) is 5.11. The number of hydrogen-bond acceptors (Lipinski definition) is 8. The van der Waals surface area contributed by atoms with Gasteiger partial charge in [-0.25, -0.2) is 19.3 Å². The Morgan fingerprint density at radius 3 is 2.90 bits per heavy atom. The molecular weight excluding hydrogens is 411 g/mol. The molecular formula is C20H20ClFN6O2. The van der Waals surface area contributed by atoms with E-state index in [-0.39, 0.29) is 22.8 Å². The molecule has 10 heteroatoms. The number of aromatic nitrogens is 4. The van der Waals surface area contributed by atoms with Gasteiger partial charge in [0.05, 0.1) is 18.5 Å². The van der Waals surface area contributed by atoms with Gasteiger partial charge in [0.15, 0.2) is 11.6 Å². The van der Waals surface area contributed by atoms with Crippen molar-refractivity contribution < 1.29 is 13.9 Å². The average Bonchev–Trinajstić information content (AvgIpc) is 3.45. The van der Waals surface area contributed by atoms with Gasteiger partial charge in [-0.15, -0.1) is 0 Å². The number of nitrogens with one attached hydrogen (secondary N) is 2. The molecule has 2 fully saturated rings. The van der Waals surface area contributed by atoms with Crippen LogP contribution < -0.4 is 20.1 Å². The fraction of sp³-hybridized carbons (Fsp3) is 0.400. The molecule has 3 aromatic rings. The third-order valence-corrected chi connectivity index (χ3v) is 5.47. The normalized spacial score (nSPS) is 18.5. The van der Waals surface area contributed by atoms with E-state index in [1.807, 2.05) is 0 Å². The van der Waals surface area contributed by atoms with Crippen LogP contribution in [0.1, 0.15) is 19.3 Å². The molecule has 0 unspecified atom stereocenters. The monoisotopic (exact) mass is 430 g/mol. The summed E-state index contributed by atoms with van der Waals surface area (Å²) < 4.78 is 26.3. The Bertz CT molecular complexity index is 1070. The van der Waals surface area contributed by atoms with Crippen molar-refractivity contribution in [2.24, 2.45) is 5.92 Å². The van der Waals surface area contributed by atoms with E-state index < -0.39 is 5.82 Å². The van der Waals surface area contributed by atoms with Crippen molar-refractivity contribution in [3.05, 3.63) is 35.5 Å². The zero-order chi connectivity index (χ0) is 20.5. The van der Waals surface area contributed by atoms with Gasteiger partial charge in [0.1, 0.15) is 34.2 Å². The number of ether oxygens (including phenoxy) is 2. The van der Waals surface area contributed by atoms with Crippen LogP contribution in [-0.2, 0) is 0 Å². The predicted molar refractivity (Wildman–Crippen MR) is 110 cm³/mol. The lowest BCUT2D eigenvalue weighted by Gasteiger charge is -2.13. The Kier molecular flexibility index (Phi) is 5.22. The van der Waals surface area contributed by atoms with E-state index in [1.165, 1.54) is 6.33 Å². The zero-order valence-corrected chi connectivity index (χ0v) is 16.8. The van der Waals surface area contributed by atoms with Gasteiger partial charge in [-0.2, -0.15) is 4.98 Å². The maximum absolute atomic E-state index is 14.9. The maximum atomic E-state index is 14.9. The number of benzene rings is 1. The second-order valence-electron chi connectivity index (χ2n) is 7.46. The van der Waals surface area contributed by atoms with E-state index in [1.54, 1.807) is 18.3 Å². The Labute approximate surface area is 177 Å². The van der Waals surface area contributed by atoms with Crippen molar-refractivity contribution in [1.29, 1.82) is 0 Å². The quantitative estimate of drug-likeness (QED) is 0.588. The Balaban J connectivity index is 1.40. The first-order valence-electron chi connectivity index (χ1n) is 9.90. The summed E-state index contributed by atoms with van der Waals surface area (Å²) in [6.07, 6.45) is 6.11. The van der Waals surface area contributed by atoms with Crippen LogP contribution >= 0.6 is 11.6 Å². The lowest BCUT2D eigenvalue weighted by Crippen LogP contribution is -2.20. The van der Waals surface area contributed by atoms with Crippen LogP contribution in [0.15, 0.2) is 24.7 Å². The van der Waals surface area contributed by atoms with Crippen molar-refractivity contribution in [3.8, 4) is 11.8 Å². The molecule has 2 aromatic heterocycles. The molecule has 0 radical (unpaired) electrons. The van der Waals surface area contributed by atoms with Crippen molar-refractivity contribution >= 4 is 34.1 Å². The van der Waals surface area contributed by atoms with Crippen molar-refractivity contribution in [2.45, 2.75) is 25.4 Å². The molecule has 1 aliphatic heterocycles. The molecule has 0 bridgehead atoms. The van der Waals surface area contributed by atoms with Gasteiger partial charge in [0, 0.05) is 6.54 Å². The van der Waals surface area contributed by atoms with Crippen LogP contribution in [-0.4, -0.2) is 45.7 Å². The highest BCUT2D eigenvalue weighted by Gasteiger charge is 2.23. The summed E-state index contributed by atoms with van der Waals surface area (Å²) >= 11 is 6.18. The highest BCUT2D eigenvalue weighted by atomic mass is 35.5. The molecule has 3 heterocycles. The first kappa shape index (κ1) is 19.2. The summed E-state index contributed by atoms with van der Waals surface area (Å²) in [5.74, 6) is 0.602. The highest BCUT2D eigenvalue weighted by Crippen LogP contribution is 2.36. The van der Waals surface area contributed by atoms with Crippen LogP contribution in [0.4, 0.5) is 15.9 Å². The molecule has 1 saturated heterocycles. The summed E-state index contributed by atoms with van der Waals surface area (Å²) in [5.41, 5.74) is 1.11. The summed E-state index contributed by atoms with van der Waals surface area (Å²) in [6, 6.07) is 3.45. The molecule has 156 valence electrons. The van der Waals surface area contributed by atoms with E-state index in [9.17, 15) is 4.39 Å². The van der Waals surface area contributed by atoms with Gasteiger partial charge in [-0.3, -0.25) is 0 Å². The van der Waals surface area contributed by atoms with Gasteiger partial charge in [0.25, 0.3) is 0 Å². The van der Waals surface area contributed by atoms with E-state index in [0.29, 0.717) is 35.1 Å². The van der Waals surface area contributed by atoms with Crippen LogP contribution in [0, 0.1) is 11.7 Å². The molecule has 5 rings (SSSR count). The molecule has 2 aliphatic rings. The van der Waals surface area contributed by atoms with E-state index in [0.717, 1.165) is 32.4 Å². The number of rotatable bonds is 7. The standard InChI is InChI=1S/C20H20ClFN6O2/c21-16-15(29-9-11-1-2-11)4-3-13(17(16)22)27-19-18-14(25-10-26-19)8-24-20(28-18)30-12-5-6-23-7-12/h3-4,8,10-12,23H,1-2,5-7,9H2,(H,25,26,27)/t12-/m0/s1. The summed E-state index contributed by atoms with van der Waals surface area (Å²) in [4.78, 5) is 17.0. The van der Waals surface area contributed by atoms with Crippen molar-refractivity contribution in [1.82, 2.24) is 25.3 Å². The minimum Gasteiger partial charge on any atom is -0.492 e. The largest absolute Gasteiger partial charge is 0.492 e. The van der Waals surface area contributed by atoms with Gasteiger partial charge >= 0.3 is 6.01 Å². The highest BCUT2D eigenvalue weighted by molar-refractivity contribution is 6.32. The van der Waals surface area contributed by atoms with Crippen molar-refractivity contribution in [2.75, 3.05) is 25.0 Å². The number of anilines is 2. The SMILES string of the molecule is Fc1c(Nc2ncnc3cnc(O[C@H]4CCNC4)nc23)ccc(OCC2CC2)c1Cl. The second kappa shape index (κ2) is 8.16. The lowest BCUT2D eigenvalue weighted by molar-refractivity contribution is 0.205. The number of fused-ring (bicyclic) bond motifs is 1. The van der Waals surface area contributed by atoms with Crippen LogP contribution in [0.5, 0.6) is 11.8 Å². The summed E-state index contributed by atoms with van der Waals surface area (Å²) in [5, 5.41) is 6.12. The molecule has 1 aliphatic carbocycles. The van der Waals surface area contributed by atoms with Crippen LogP contribution in [0.2, 0.25) is 5.02 Å². The molecule has 1 saturated carbocycles. The van der Waals surface area contributed by atoms with Gasteiger partial charge in [-0.1, -0.05) is 11.6 Å². The third kappa shape index (κ3) is 4.08. The van der Waals surface area contributed by atoms with E-state index >= 15 is 0 Å². The smallest absolute Gasteiger partial charge is 0.317 e. The molecule has 1 atom stereocenters. The van der Waals surface area contributed by atoms with Crippen LogP contribution in [0.25, 0.3) is 11.0 Å². The van der Waals surface area contributed by atoms with Gasteiger partial charge in [-0.05, 0) is 43.9 Å². The average molecular weight is 431 g/mol. The zero-order valence-electron chi connectivity index (χ0n) is 16.1.